The van der Waals surface area contributed by atoms with Gasteiger partial charge in [0, 0.05) is 19.0 Å². The Morgan fingerprint density at radius 3 is 3.05 bits per heavy atom. The molecule has 0 radical (unpaired) electrons. The van der Waals surface area contributed by atoms with Crippen LogP contribution in [0.15, 0.2) is 10.8 Å². The highest BCUT2D eigenvalue weighted by Crippen LogP contribution is 2.41. The third-order valence-corrected chi connectivity index (χ3v) is 4.65. The first-order valence-electron chi connectivity index (χ1n) is 7.28. The first-order chi connectivity index (χ1) is 9.75. The maximum Gasteiger partial charge on any atom is 0.259 e. The molecule has 1 N–H and O–H groups in total. The maximum absolute atomic E-state index is 12.8. The van der Waals surface area contributed by atoms with Gasteiger partial charge in [-0.15, -0.1) is 0 Å². The molecule has 1 aliphatic carbocycles. The SMILES string of the molecule is O=C1NC[C@@H]2[C@H]1CCCN2C(=O)c1conc1C1CC1. The Hall–Kier alpha value is -1.85. The molecule has 106 valence electrons. The predicted molar refractivity (Wildman–Crippen MR) is 69.0 cm³/mol. The molecule has 3 heterocycles. The number of aromatic nitrogens is 1. The molecule has 1 aromatic rings. The van der Waals surface area contributed by atoms with Gasteiger partial charge in [-0.1, -0.05) is 5.16 Å². The lowest BCUT2D eigenvalue weighted by molar-refractivity contribution is -0.123. The van der Waals surface area contributed by atoms with Gasteiger partial charge < -0.3 is 14.7 Å². The third-order valence-electron chi connectivity index (χ3n) is 4.65. The van der Waals surface area contributed by atoms with Crippen molar-refractivity contribution in [2.24, 2.45) is 5.92 Å². The van der Waals surface area contributed by atoms with E-state index >= 15 is 0 Å². The second-order valence-electron chi connectivity index (χ2n) is 5.95. The summed E-state index contributed by atoms with van der Waals surface area (Å²) in [4.78, 5) is 26.4. The Balaban J connectivity index is 1.61. The number of amides is 2. The van der Waals surface area contributed by atoms with Gasteiger partial charge in [0.25, 0.3) is 5.91 Å². The summed E-state index contributed by atoms with van der Waals surface area (Å²) in [6, 6.07) is -0.00861. The minimum Gasteiger partial charge on any atom is -0.364 e. The van der Waals surface area contributed by atoms with Gasteiger partial charge in [-0.05, 0) is 25.7 Å². The van der Waals surface area contributed by atoms with Crippen molar-refractivity contribution in [1.29, 1.82) is 0 Å². The summed E-state index contributed by atoms with van der Waals surface area (Å²) in [6.45, 7) is 1.28. The quantitative estimate of drug-likeness (QED) is 0.870. The van der Waals surface area contributed by atoms with Gasteiger partial charge in [-0.3, -0.25) is 9.59 Å². The summed E-state index contributed by atoms with van der Waals surface area (Å²) < 4.78 is 5.01. The fourth-order valence-electron chi connectivity index (χ4n) is 3.41. The van der Waals surface area contributed by atoms with E-state index in [1.54, 1.807) is 0 Å². The molecule has 0 unspecified atom stereocenters. The van der Waals surface area contributed by atoms with Crippen molar-refractivity contribution in [3.05, 3.63) is 17.5 Å². The van der Waals surface area contributed by atoms with Crippen molar-refractivity contribution < 1.29 is 14.1 Å². The Bertz CT molecular complexity index is 564. The Morgan fingerprint density at radius 2 is 2.25 bits per heavy atom. The monoisotopic (exact) mass is 275 g/mol. The van der Waals surface area contributed by atoms with Crippen LogP contribution in [0.1, 0.15) is 47.7 Å². The van der Waals surface area contributed by atoms with Crippen LogP contribution in [0.4, 0.5) is 0 Å². The van der Waals surface area contributed by atoms with Crippen LogP contribution in [-0.2, 0) is 4.79 Å². The average Bonchev–Trinajstić information content (AvgIpc) is 3.07. The lowest BCUT2D eigenvalue weighted by Crippen LogP contribution is -2.48. The number of carbonyl (C=O) groups excluding carboxylic acids is 2. The van der Waals surface area contributed by atoms with Gasteiger partial charge in [0.15, 0.2) is 0 Å². The van der Waals surface area contributed by atoms with Gasteiger partial charge in [0.2, 0.25) is 5.91 Å². The molecule has 3 aliphatic rings. The molecule has 20 heavy (non-hydrogen) atoms. The number of piperidine rings is 1. The molecular formula is C14H17N3O3. The number of nitrogens with one attached hydrogen (secondary N) is 1. The van der Waals surface area contributed by atoms with Crippen LogP contribution in [0.25, 0.3) is 0 Å². The number of hydrogen-bond acceptors (Lipinski definition) is 4. The van der Waals surface area contributed by atoms with Gasteiger partial charge in [0.05, 0.1) is 17.7 Å². The van der Waals surface area contributed by atoms with Crippen molar-refractivity contribution in [1.82, 2.24) is 15.4 Å². The van der Waals surface area contributed by atoms with Crippen LogP contribution in [0.3, 0.4) is 0 Å². The number of nitrogens with zero attached hydrogens (tertiary/aromatic N) is 2. The first kappa shape index (κ1) is 11.9. The van der Waals surface area contributed by atoms with Crippen LogP contribution in [0.2, 0.25) is 0 Å². The molecule has 0 aromatic carbocycles. The molecule has 6 nitrogen and oxygen atoms in total. The largest absolute Gasteiger partial charge is 0.364 e. The molecular weight excluding hydrogens is 258 g/mol. The summed E-state index contributed by atoms with van der Waals surface area (Å²) in [5.74, 6) is 0.396. The first-order valence-corrected chi connectivity index (χ1v) is 7.28. The fourth-order valence-corrected chi connectivity index (χ4v) is 3.41. The molecule has 1 aromatic heterocycles. The normalized spacial score (nSPS) is 29.2. The van der Waals surface area contributed by atoms with Gasteiger partial charge in [0.1, 0.15) is 11.8 Å². The number of hydrogen-bond donors (Lipinski definition) is 1. The lowest BCUT2D eigenvalue weighted by atomic mass is 9.91. The van der Waals surface area contributed by atoms with Crippen LogP contribution in [0.5, 0.6) is 0 Å². The molecule has 3 fully saturated rings. The fraction of sp³-hybridized carbons (Fsp3) is 0.643. The molecule has 2 saturated heterocycles. The molecule has 2 atom stereocenters. The predicted octanol–water partition coefficient (Wildman–Crippen LogP) is 0.903. The van der Waals surface area contributed by atoms with E-state index in [-0.39, 0.29) is 23.8 Å². The van der Waals surface area contributed by atoms with Crippen LogP contribution < -0.4 is 5.32 Å². The third kappa shape index (κ3) is 1.74. The minimum atomic E-state index is -0.0445. The van der Waals surface area contributed by atoms with E-state index in [1.165, 1.54) is 6.26 Å². The molecule has 2 aliphatic heterocycles. The average molecular weight is 275 g/mol. The van der Waals surface area contributed by atoms with E-state index in [9.17, 15) is 9.59 Å². The van der Waals surface area contributed by atoms with Crippen LogP contribution in [-0.4, -0.2) is 41.0 Å². The number of likely N-dealkylation sites (tertiary alicyclic amines) is 1. The van der Waals surface area contributed by atoms with E-state index in [0.29, 0.717) is 24.6 Å². The van der Waals surface area contributed by atoms with Crippen molar-refractivity contribution in [3.8, 4) is 0 Å². The van der Waals surface area contributed by atoms with Gasteiger partial charge in [-0.25, -0.2) is 0 Å². The zero-order chi connectivity index (χ0) is 13.7. The molecule has 6 heteroatoms. The van der Waals surface area contributed by atoms with Crippen molar-refractivity contribution in [2.75, 3.05) is 13.1 Å². The molecule has 2 amide bonds. The summed E-state index contributed by atoms with van der Waals surface area (Å²) in [7, 11) is 0. The van der Waals surface area contributed by atoms with Gasteiger partial charge in [-0.2, -0.15) is 0 Å². The Labute approximate surface area is 116 Å². The highest BCUT2D eigenvalue weighted by molar-refractivity contribution is 5.96. The Morgan fingerprint density at radius 1 is 1.40 bits per heavy atom. The molecule has 0 bridgehead atoms. The minimum absolute atomic E-state index is 0.00861. The zero-order valence-corrected chi connectivity index (χ0v) is 11.2. The number of carbonyl (C=O) groups is 2. The van der Waals surface area contributed by atoms with E-state index < -0.39 is 0 Å². The smallest absolute Gasteiger partial charge is 0.259 e. The zero-order valence-electron chi connectivity index (χ0n) is 11.2. The second-order valence-corrected chi connectivity index (χ2v) is 5.95. The van der Waals surface area contributed by atoms with Crippen molar-refractivity contribution in [3.63, 3.8) is 0 Å². The molecule has 1 saturated carbocycles. The second kappa shape index (κ2) is 4.33. The summed E-state index contributed by atoms with van der Waals surface area (Å²) in [5, 5.41) is 6.86. The summed E-state index contributed by atoms with van der Waals surface area (Å²) in [6.07, 6.45) is 5.38. The van der Waals surface area contributed by atoms with Crippen molar-refractivity contribution >= 4 is 11.8 Å². The number of fused-ring (bicyclic) bond motifs is 1. The van der Waals surface area contributed by atoms with Crippen LogP contribution in [0, 0.1) is 5.92 Å². The number of rotatable bonds is 2. The van der Waals surface area contributed by atoms with E-state index in [4.69, 9.17) is 4.52 Å². The van der Waals surface area contributed by atoms with Crippen molar-refractivity contribution in [2.45, 2.75) is 37.6 Å². The van der Waals surface area contributed by atoms with E-state index in [2.05, 4.69) is 10.5 Å². The topological polar surface area (TPSA) is 75.4 Å². The van der Waals surface area contributed by atoms with E-state index in [1.807, 2.05) is 4.90 Å². The maximum atomic E-state index is 12.8. The Kier molecular flexibility index (Phi) is 2.58. The van der Waals surface area contributed by atoms with E-state index in [0.717, 1.165) is 31.4 Å². The summed E-state index contributed by atoms with van der Waals surface area (Å²) >= 11 is 0. The highest BCUT2D eigenvalue weighted by atomic mass is 16.5. The lowest BCUT2D eigenvalue weighted by Gasteiger charge is -2.35. The molecule has 0 spiro atoms. The standard InChI is InChI=1S/C14H17N3O3/c18-13-9-2-1-5-17(11(9)6-15-13)14(19)10-7-20-16-12(10)8-3-4-8/h7-9,11H,1-6H2,(H,15,18)/t9-,11-/m1/s1. The summed E-state index contributed by atoms with van der Waals surface area (Å²) in [5.41, 5.74) is 1.39. The highest BCUT2D eigenvalue weighted by Gasteiger charge is 2.44. The molecule has 4 rings (SSSR count). The van der Waals surface area contributed by atoms with Gasteiger partial charge >= 0.3 is 0 Å². The van der Waals surface area contributed by atoms with Crippen LogP contribution >= 0.6 is 0 Å².